The average Bonchev–Trinajstić information content (AvgIpc) is 3.02. The van der Waals surface area contributed by atoms with Gasteiger partial charge in [0.2, 0.25) is 5.91 Å². The molecular formula is C27H36N2O5. The number of ether oxygens (including phenoxy) is 4. The molecule has 184 valence electrons. The van der Waals surface area contributed by atoms with Crippen LogP contribution in [-0.2, 0) is 24.1 Å². The van der Waals surface area contributed by atoms with Crippen molar-refractivity contribution in [3.05, 3.63) is 46.5 Å². The van der Waals surface area contributed by atoms with Crippen LogP contribution >= 0.6 is 0 Å². The minimum absolute atomic E-state index is 0.0342. The van der Waals surface area contributed by atoms with Gasteiger partial charge >= 0.3 is 0 Å². The number of amides is 1. The lowest BCUT2D eigenvalue weighted by Gasteiger charge is -2.34. The number of likely N-dealkylation sites (N-methyl/N-ethyl adjacent to an activating group) is 1. The molecule has 4 rings (SSSR count). The minimum Gasteiger partial charge on any atom is -0.493 e. The summed E-state index contributed by atoms with van der Waals surface area (Å²) in [7, 11) is 1.55. The summed E-state index contributed by atoms with van der Waals surface area (Å²) in [5.41, 5.74) is 2.53. The third kappa shape index (κ3) is 4.94. The van der Waals surface area contributed by atoms with Gasteiger partial charge in [0.1, 0.15) is 0 Å². The first-order valence-corrected chi connectivity index (χ1v) is 11.0. The van der Waals surface area contributed by atoms with E-state index in [2.05, 4.69) is 0 Å². The van der Waals surface area contributed by atoms with Gasteiger partial charge in [-0.2, -0.15) is 0 Å². The van der Waals surface area contributed by atoms with E-state index in [-0.39, 0.29) is 43.3 Å². The number of hydrogen-bond acceptors (Lipinski definition) is 6. The molecule has 0 bridgehead atoms. The van der Waals surface area contributed by atoms with Crippen LogP contribution in [0, 0.1) is 0 Å². The number of hydrogen-bond donors (Lipinski definition) is 0. The molecule has 1 unspecified atom stereocenters. The molecule has 0 aromatic heterocycles. The van der Waals surface area contributed by atoms with Crippen molar-refractivity contribution in [2.24, 2.45) is 0 Å². The first kappa shape index (κ1) is 14.5. The second-order valence-corrected chi connectivity index (χ2v) is 8.22. The van der Waals surface area contributed by atoms with Crippen LogP contribution in [0.4, 0.5) is 0 Å². The van der Waals surface area contributed by atoms with Crippen molar-refractivity contribution in [3.8, 4) is 23.0 Å². The number of methoxy groups -OCH3 is 4. The van der Waals surface area contributed by atoms with Crippen molar-refractivity contribution in [1.82, 2.24) is 9.80 Å². The van der Waals surface area contributed by atoms with E-state index in [9.17, 15) is 4.79 Å². The summed E-state index contributed by atoms with van der Waals surface area (Å²) in [5, 5.41) is 0. The Kier molecular flexibility index (Phi) is 4.49. The van der Waals surface area contributed by atoms with Gasteiger partial charge in [0.05, 0.1) is 38.9 Å². The lowest BCUT2D eigenvalue weighted by molar-refractivity contribution is -0.130. The maximum Gasteiger partial charge on any atom is 0.227 e. The fraction of sp³-hybridized carbons (Fsp3) is 0.519. The molecular weight excluding hydrogens is 432 g/mol. The Morgan fingerprint density at radius 1 is 1.00 bits per heavy atom. The molecule has 1 heterocycles. The van der Waals surface area contributed by atoms with Gasteiger partial charge in [0, 0.05) is 35.1 Å². The lowest BCUT2D eigenvalue weighted by Crippen LogP contribution is -2.36. The smallest absolute Gasteiger partial charge is 0.227 e. The molecule has 1 aliphatic carbocycles. The highest BCUT2D eigenvalue weighted by atomic mass is 16.5. The van der Waals surface area contributed by atoms with Gasteiger partial charge in [0.15, 0.2) is 23.0 Å². The molecule has 34 heavy (non-hydrogen) atoms. The number of carbonyl (C=O) groups is 1. The Hall–Kier alpha value is -2.93. The van der Waals surface area contributed by atoms with Crippen LogP contribution < -0.4 is 18.9 Å². The molecule has 2 aromatic carbocycles. The third-order valence-electron chi connectivity index (χ3n) is 6.32. The molecule has 0 saturated heterocycles. The molecule has 7 nitrogen and oxygen atoms in total. The minimum atomic E-state index is -3.14. The summed E-state index contributed by atoms with van der Waals surface area (Å²) in [5.74, 6) is -0.359. The number of rotatable bonds is 10. The largest absolute Gasteiger partial charge is 0.493 e. The SMILES string of the molecule is [2H]C([2H])([2H])Oc1cc2c(cc1OC)CCN(CCC([2H])([2H])N(C([2H])([2H])[2H])C([2H])([2H])C1Cc3cc(OC)c(OC)cc31)C(=O)C2. The van der Waals surface area contributed by atoms with E-state index in [1.54, 1.807) is 18.2 Å². The summed E-state index contributed by atoms with van der Waals surface area (Å²) < 4.78 is 103. The predicted octanol–water partition coefficient (Wildman–Crippen LogP) is 3.31. The first-order chi connectivity index (χ1) is 20.3. The maximum atomic E-state index is 13.2. The molecule has 0 fully saturated rings. The quantitative estimate of drug-likeness (QED) is 0.522. The Labute approximate surface area is 216 Å². The number of nitrogens with zero attached hydrogens (tertiary/aromatic N) is 2. The summed E-state index contributed by atoms with van der Waals surface area (Å²) in [4.78, 5) is 14.9. The van der Waals surface area contributed by atoms with Gasteiger partial charge in [-0.1, -0.05) is 0 Å². The summed E-state index contributed by atoms with van der Waals surface area (Å²) in [6.45, 7) is -8.44. The molecule has 0 radical (unpaired) electrons. The van der Waals surface area contributed by atoms with E-state index in [1.807, 2.05) is 0 Å². The van der Waals surface area contributed by atoms with E-state index in [0.717, 1.165) is 11.1 Å². The van der Waals surface area contributed by atoms with E-state index in [1.165, 1.54) is 32.3 Å². The second kappa shape index (κ2) is 10.6. The van der Waals surface area contributed by atoms with Crippen molar-refractivity contribution < 1.29 is 37.4 Å². The van der Waals surface area contributed by atoms with E-state index < -0.39 is 39.3 Å². The molecule has 0 spiro atoms. The van der Waals surface area contributed by atoms with Gasteiger partial charge in [-0.25, -0.2) is 0 Å². The van der Waals surface area contributed by atoms with Crippen molar-refractivity contribution in [2.75, 3.05) is 61.4 Å². The highest BCUT2D eigenvalue weighted by molar-refractivity contribution is 5.80. The van der Waals surface area contributed by atoms with Crippen LogP contribution in [0.3, 0.4) is 0 Å². The topological polar surface area (TPSA) is 60.5 Å². The van der Waals surface area contributed by atoms with Gasteiger partial charge in [-0.05, 0) is 79.3 Å². The average molecular weight is 479 g/mol. The first-order valence-electron chi connectivity index (χ1n) is 16.0. The molecule has 1 amide bonds. The molecule has 0 N–H and O–H groups in total. The fourth-order valence-corrected chi connectivity index (χ4v) is 4.42. The summed E-state index contributed by atoms with van der Waals surface area (Å²) >= 11 is 0. The third-order valence-corrected chi connectivity index (χ3v) is 6.32. The Morgan fingerprint density at radius 2 is 1.68 bits per heavy atom. The number of fused-ring (bicyclic) bond motifs is 2. The zero-order valence-electron chi connectivity index (χ0n) is 29.6. The fourth-order valence-electron chi connectivity index (χ4n) is 4.42. The summed E-state index contributed by atoms with van der Waals surface area (Å²) in [6.07, 6.45) is -0.0729. The maximum absolute atomic E-state index is 13.2. The molecule has 1 atom stereocenters. The van der Waals surface area contributed by atoms with Crippen molar-refractivity contribution in [2.45, 2.75) is 31.6 Å². The Balaban J connectivity index is 1.54. The van der Waals surface area contributed by atoms with Crippen LogP contribution in [0.1, 0.15) is 48.3 Å². The van der Waals surface area contributed by atoms with Gasteiger partial charge in [-0.15, -0.1) is 0 Å². The highest BCUT2D eigenvalue weighted by Crippen LogP contribution is 2.42. The van der Waals surface area contributed by atoms with Crippen molar-refractivity contribution in [1.29, 1.82) is 0 Å². The van der Waals surface area contributed by atoms with Gasteiger partial charge in [0.25, 0.3) is 0 Å². The standard InChI is InChI=1S/C27H36N2O5/c1-28(17-21-11-20-14-25(33-4)26(34-5)16-22(20)21)8-6-9-29-10-7-18-12-23(31-2)24(32-3)13-19(18)15-27(29)30/h12-14,16,21H,6-11,15,17H2,1-5H3/i1D3,3D3,8D2,17D2. The van der Waals surface area contributed by atoms with Crippen LogP contribution in [0.25, 0.3) is 0 Å². The molecule has 0 saturated carbocycles. The van der Waals surface area contributed by atoms with Gasteiger partial charge < -0.3 is 28.7 Å². The second-order valence-electron chi connectivity index (χ2n) is 8.22. The van der Waals surface area contributed by atoms with E-state index in [0.29, 0.717) is 33.9 Å². The molecule has 1 aliphatic heterocycles. The van der Waals surface area contributed by atoms with E-state index in [4.69, 9.17) is 32.7 Å². The zero-order valence-corrected chi connectivity index (χ0v) is 19.6. The molecule has 2 aromatic rings. The Morgan fingerprint density at radius 3 is 2.38 bits per heavy atom. The van der Waals surface area contributed by atoms with Gasteiger partial charge in [-0.3, -0.25) is 4.79 Å². The predicted molar refractivity (Wildman–Crippen MR) is 132 cm³/mol. The summed E-state index contributed by atoms with van der Waals surface area (Å²) in [6, 6.07) is 6.35. The van der Waals surface area contributed by atoms with Crippen LogP contribution in [0.2, 0.25) is 0 Å². The zero-order chi connectivity index (χ0) is 32.8. The number of benzene rings is 2. The Bertz CT molecular complexity index is 1400. The van der Waals surface area contributed by atoms with Crippen LogP contribution in [0.5, 0.6) is 23.0 Å². The van der Waals surface area contributed by atoms with E-state index >= 15 is 0 Å². The molecule has 7 heteroatoms. The highest BCUT2D eigenvalue weighted by Gasteiger charge is 2.29. The lowest BCUT2D eigenvalue weighted by atomic mass is 9.77. The number of carbonyl (C=O) groups excluding carboxylic acids is 1. The van der Waals surface area contributed by atoms with Crippen molar-refractivity contribution >= 4 is 5.91 Å². The molecule has 2 aliphatic rings. The normalized spacial score (nSPS) is 22.9. The van der Waals surface area contributed by atoms with Crippen LogP contribution in [-0.4, -0.2) is 77.1 Å². The van der Waals surface area contributed by atoms with Crippen molar-refractivity contribution in [3.63, 3.8) is 0 Å². The van der Waals surface area contributed by atoms with Crippen LogP contribution in [0.15, 0.2) is 24.3 Å². The monoisotopic (exact) mass is 478 g/mol.